The van der Waals surface area contributed by atoms with E-state index in [-0.39, 0.29) is 11.9 Å². The van der Waals surface area contributed by atoms with Crippen molar-refractivity contribution in [2.75, 3.05) is 26.7 Å². The number of rotatable bonds is 7. The largest absolute Gasteiger partial charge is 0.355 e. The molecule has 1 amide bonds. The molecule has 3 atom stereocenters. The summed E-state index contributed by atoms with van der Waals surface area (Å²) in [6, 6.07) is 0.687. The molecule has 0 bridgehead atoms. The number of amides is 1. The molecule has 1 saturated heterocycles. The van der Waals surface area contributed by atoms with Crippen LogP contribution in [0.4, 0.5) is 0 Å². The van der Waals surface area contributed by atoms with E-state index in [4.69, 9.17) is 0 Å². The van der Waals surface area contributed by atoms with Gasteiger partial charge in [0.05, 0.1) is 6.04 Å². The summed E-state index contributed by atoms with van der Waals surface area (Å²) in [7, 11) is 2.16. The molecule has 2 aliphatic rings. The van der Waals surface area contributed by atoms with E-state index in [0.29, 0.717) is 12.0 Å². The van der Waals surface area contributed by atoms with Crippen molar-refractivity contribution in [2.24, 2.45) is 11.8 Å². The first kappa shape index (κ1) is 15.8. The molecule has 0 aromatic heterocycles. The Morgan fingerprint density at radius 2 is 2.15 bits per heavy atom. The smallest absolute Gasteiger partial charge is 0.237 e. The van der Waals surface area contributed by atoms with Gasteiger partial charge in [0.15, 0.2) is 0 Å². The molecule has 2 fully saturated rings. The minimum Gasteiger partial charge on any atom is -0.355 e. The Kier molecular flexibility index (Phi) is 5.85. The number of hydrogen-bond donors (Lipinski definition) is 2. The number of nitrogens with zero attached hydrogens (tertiary/aromatic N) is 1. The minimum atomic E-state index is 0.0841. The van der Waals surface area contributed by atoms with Crippen molar-refractivity contribution < 1.29 is 4.79 Å². The zero-order chi connectivity index (χ0) is 14.5. The lowest BCUT2D eigenvalue weighted by Gasteiger charge is -2.21. The molecule has 0 spiro atoms. The van der Waals surface area contributed by atoms with Crippen LogP contribution >= 0.6 is 0 Å². The molecule has 116 valence electrons. The van der Waals surface area contributed by atoms with Gasteiger partial charge in [-0.05, 0) is 71.5 Å². The molecule has 4 heteroatoms. The Balaban J connectivity index is 1.59. The average Bonchev–Trinajstić information content (AvgIpc) is 2.99. The number of carbonyl (C=O) groups is 1. The quantitative estimate of drug-likeness (QED) is 0.697. The molecular formula is C16H31N3O. The maximum Gasteiger partial charge on any atom is 0.237 e. The van der Waals surface area contributed by atoms with Crippen LogP contribution < -0.4 is 10.6 Å². The highest BCUT2D eigenvalue weighted by Crippen LogP contribution is 2.37. The van der Waals surface area contributed by atoms with Crippen molar-refractivity contribution in [3.8, 4) is 0 Å². The maximum atomic E-state index is 12.2. The summed E-state index contributed by atoms with van der Waals surface area (Å²) in [6.45, 7) is 7.40. The van der Waals surface area contributed by atoms with Gasteiger partial charge in [-0.25, -0.2) is 0 Å². The highest BCUT2D eigenvalue weighted by atomic mass is 16.2. The van der Waals surface area contributed by atoms with Gasteiger partial charge in [0.25, 0.3) is 0 Å². The van der Waals surface area contributed by atoms with E-state index in [1.807, 2.05) is 0 Å². The zero-order valence-corrected chi connectivity index (χ0v) is 13.3. The highest BCUT2D eigenvalue weighted by Gasteiger charge is 2.42. The Bertz CT molecular complexity index is 319. The first-order valence-corrected chi connectivity index (χ1v) is 8.31. The third-order valence-electron chi connectivity index (χ3n) is 5.15. The fourth-order valence-corrected chi connectivity index (χ4v) is 3.54. The molecule has 0 radical (unpaired) electrons. The fraction of sp³-hybridized carbons (Fsp3) is 0.938. The standard InChI is InChI=1S/C16H31N3O/c1-12(2)19(3)10-5-4-9-17-16(20)15-14-8-6-7-13(14)11-18-15/h12-15,18H,4-11H2,1-3H3,(H,17,20). The summed E-state index contributed by atoms with van der Waals surface area (Å²) in [5.74, 6) is 1.59. The molecule has 1 aliphatic heterocycles. The van der Waals surface area contributed by atoms with Gasteiger partial charge in [-0.1, -0.05) is 6.42 Å². The summed E-state index contributed by atoms with van der Waals surface area (Å²) in [5.41, 5.74) is 0. The van der Waals surface area contributed by atoms with Crippen LogP contribution in [0, 0.1) is 11.8 Å². The molecule has 0 aromatic rings. The molecule has 1 saturated carbocycles. The third kappa shape index (κ3) is 3.95. The molecule has 1 aliphatic carbocycles. The second kappa shape index (κ2) is 7.41. The van der Waals surface area contributed by atoms with Crippen molar-refractivity contribution in [1.29, 1.82) is 0 Å². The van der Waals surface area contributed by atoms with Gasteiger partial charge in [-0.2, -0.15) is 0 Å². The Labute approximate surface area is 123 Å². The van der Waals surface area contributed by atoms with E-state index in [1.54, 1.807) is 0 Å². The van der Waals surface area contributed by atoms with Gasteiger partial charge < -0.3 is 15.5 Å². The molecule has 1 heterocycles. The van der Waals surface area contributed by atoms with Gasteiger partial charge in [-0.3, -0.25) is 4.79 Å². The molecular weight excluding hydrogens is 250 g/mol. The zero-order valence-electron chi connectivity index (χ0n) is 13.3. The van der Waals surface area contributed by atoms with E-state index in [1.165, 1.54) is 19.3 Å². The number of fused-ring (bicyclic) bond motifs is 1. The van der Waals surface area contributed by atoms with Crippen molar-refractivity contribution in [3.63, 3.8) is 0 Å². The maximum absolute atomic E-state index is 12.2. The number of unbranched alkanes of at least 4 members (excludes halogenated alkanes) is 1. The molecule has 4 nitrogen and oxygen atoms in total. The Hall–Kier alpha value is -0.610. The van der Waals surface area contributed by atoms with E-state index in [0.717, 1.165) is 38.4 Å². The van der Waals surface area contributed by atoms with Crippen molar-refractivity contribution in [3.05, 3.63) is 0 Å². The predicted molar refractivity (Wildman–Crippen MR) is 82.6 cm³/mol. The summed E-state index contributed by atoms with van der Waals surface area (Å²) in [5, 5.41) is 6.53. The van der Waals surface area contributed by atoms with Crippen LogP contribution in [0.2, 0.25) is 0 Å². The van der Waals surface area contributed by atoms with Gasteiger partial charge in [0, 0.05) is 12.6 Å². The first-order chi connectivity index (χ1) is 9.59. The van der Waals surface area contributed by atoms with Crippen molar-refractivity contribution >= 4 is 5.91 Å². The van der Waals surface area contributed by atoms with Crippen LogP contribution in [0.1, 0.15) is 46.0 Å². The van der Waals surface area contributed by atoms with Crippen molar-refractivity contribution in [1.82, 2.24) is 15.5 Å². The van der Waals surface area contributed by atoms with Crippen molar-refractivity contribution in [2.45, 2.75) is 58.0 Å². The minimum absolute atomic E-state index is 0.0841. The first-order valence-electron chi connectivity index (χ1n) is 8.31. The summed E-state index contributed by atoms with van der Waals surface area (Å²) in [6.07, 6.45) is 6.07. The molecule has 0 aromatic carbocycles. The Morgan fingerprint density at radius 3 is 2.90 bits per heavy atom. The van der Waals surface area contributed by atoms with E-state index in [2.05, 4.69) is 36.4 Å². The second-order valence-corrected chi connectivity index (χ2v) is 6.81. The number of hydrogen-bond acceptors (Lipinski definition) is 3. The summed E-state index contributed by atoms with van der Waals surface area (Å²) in [4.78, 5) is 14.6. The van der Waals surface area contributed by atoms with Crippen LogP contribution in [-0.2, 0) is 4.79 Å². The van der Waals surface area contributed by atoms with Crippen LogP contribution in [0.25, 0.3) is 0 Å². The van der Waals surface area contributed by atoms with Crippen LogP contribution in [0.15, 0.2) is 0 Å². The average molecular weight is 281 g/mol. The van der Waals surface area contributed by atoms with Crippen LogP contribution in [0.5, 0.6) is 0 Å². The topological polar surface area (TPSA) is 44.4 Å². The van der Waals surface area contributed by atoms with Gasteiger partial charge in [-0.15, -0.1) is 0 Å². The Morgan fingerprint density at radius 1 is 1.35 bits per heavy atom. The van der Waals surface area contributed by atoms with Crippen LogP contribution in [0.3, 0.4) is 0 Å². The molecule has 3 unspecified atom stereocenters. The van der Waals surface area contributed by atoms with E-state index >= 15 is 0 Å². The number of nitrogens with one attached hydrogen (secondary N) is 2. The normalized spacial score (nSPS) is 29.1. The molecule has 2 N–H and O–H groups in total. The van der Waals surface area contributed by atoms with Gasteiger partial charge in [0.1, 0.15) is 0 Å². The van der Waals surface area contributed by atoms with E-state index < -0.39 is 0 Å². The monoisotopic (exact) mass is 281 g/mol. The second-order valence-electron chi connectivity index (χ2n) is 6.81. The summed E-state index contributed by atoms with van der Waals surface area (Å²) >= 11 is 0. The SMILES string of the molecule is CC(C)N(C)CCCCNC(=O)C1NCC2CCCC21. The molecule has 20 heavy (non-hydrogen) atoms. The van der Waals surface area contributed by atoms with Gasteiger partial charge in [0.2, 0.25) is 5.91 Å². The van der Waals surface area contributed by atoms with Gasteiger partial charge >= 0.3 is 0 Å². The summed E-state index contributed by atoms with van der Waals surface area (Å²) < 4.78 is 0. The molecule has 2 rings (SSSR count). The lowest BCUT2D eigenvalue weighted by Crippen LogP contribution is -2.44. The predicted octanol–water partition coefficient (Wildman–Crippen LogP) is 1.61. The third-order valence-corrected chi connectivity index (χ3v) is 5.15. The number of carbonyl (C=O) groups excluding carboxylic acids is 1. The lowest BCUT2D eigenvalue weighted by molar-refractivity contribution is -0.123. The highest BCUT2D eigenvalue weighted by molar-refractivity contribution is 5.82. The lowest BCUT2D eigenvalue weighted by atomic mass is 9.93. The fourth-order valence-electron chi connectivity index (χ4n) is 3.54. The van der Waals surface area contributed by atoms with E-state index in [9.17, 15) is 4.79 Å². The van der Waals surface area contributed by atoms with Crippen LogP contribution in [-0.4, -0.2) is 49.6 Å².